The molecule has 0 fully saturated rings. The molecule has 0 saturated heterocycles. The quantitative estimate of drug-likeness (QED) is 0.850. The number of hydrogen-bond acceptors (Lipinski definition) is 3. The van der Waals surface area contributed by atoms with Crippen molar-refractivity contribution in [3.63, 3.8) is 0 Å². The van der Waals surface area contributed by atoms with Gasteiger partial charge in [-0.1, -0.05) is 31.2 Å². The predicted octanol–water partition coefficient (Wildman–Crippen LogP) is 3.60. The molecule has 0 bridgehead atoms. The van der Waals surface area contributed by atoms with E-state index >= 15 is 0 Å². The Morgan fingerprint density at radius 1 is 1.22 bits per heavy atom. The summed E-state index contributed by atoms with van der Waals surface area (Å²) < 4.78 is 5.54. The second-order valence-corrected chi connectivity index (χ2v) is 5.73. The summed E-state index contributed by atoms with van der Waals surface area (Å²) in [5.74, 6) is 0.806. The van der Waals surface area contributed by atoms with E-state index in [4.69, 9.17) is 4.74 Å². The number of carbonyl (C=O) groups excluding carboxylic acids is 1. The number of pyridine rings is 1. The monoisotopic (exact) mass is 312 g/mol. The van der Waals surface area contributed by atoms with E-state index in [0.29, 0.717) is 6.61 Å². The second-order valence-electron chi connectivity index (χ2n) is 5.73. The first kappa shape index (κ1) is 17.0. The van der Waals surface area contributed by atoms with E-state index in [1.54, 1.807) is 13.1 Å². The van der Waals surface area contributed by atoms with Crippen LogP contribution < -0.4 is 10.1 Å². The summed E-state index contributed by atoms with van der Waals surface area (Å²) in [7, 11) is 0. The molecule has 1 aromatic carbocycles. The third-order valence-corrected chi connectivity index (χ3v) is 3.45. The van der Waals surface area contributed by atoms with E-state index in [2.05, 4.69) is 41.5 Å². The highest BCUT2D eigenvalue weighted by atomic mass is 16.5. The van der Waals surface area contributed by atoms with Crippen LogP contribution in [0.15, 0.2) is 42.6 Å². The summed E-state index contributed by atoms with van der Waals surface area (Å²) in [6.45, 7) is 6.34. The number of amides is 1. The van der Waals surface area contributed by atoms with Gasteiger partial charge in [-0.2, -0.15) is 0 Å². The van der Waals surface area contributed by atoms with Crippen LogP contribution in [0.5, 0.6) is 5.75 Å². The van der Waals surface area contributed by atoms with Crippen molar-refractivity contribution in [2.75, 3.05) is 6.61 Å². The molecule has 1 N–H and O–H groups in total. The third-order valence-electron chi connectivity index (χ3n) is 3.45. The highest BCUT2D eigenvalue weighted by Gasteiger charge is 2.06. The Morgan fingerprint density at radius 2 is 1.96 bits per heavy atom. The zero-order valence-corrected chi connectivity index (χ0v) is 14.0. The van der Waals surface area contributed by atoms with Crippen molar-refractivity contribution < 1.29 is 9.53 Å². The highest BCUT2D eigenvalue weighted by Crippen LogP contribution is 2.20. The summed E-state index contributed by atoms with van der Waals surface area (Å²) in [6, 6.07) is 12.3. The lowest BCUT2D eigenvalue weighted by molar-refractivity contribution is -0.119. The fourth-order valence-corrected chi connectivity index (χ4v) is 2.42. The number of ether oxygens (including phenoxy) is 1. The zero-order chi connectivity index (χ0) is 16.7. The van der Waals surface area contributed by atoms with Gasteiger partial charge in [-0.15, -0.1) is 0 Å². The Kier molecular flexibility index (Phi) is 6.15. The van der Waals surface area contributed by atoms with Gasteiger partial charge in [0.15, 0.2) is 0 Å². The third kappa shape index (κ3) is 5.40. The first-order valence-electron chi connectivity index (χ1n) is 8.03. The fourth-order valence-electron chi connectivity index (χ4n) is 2.42. The summed E-state index contributed by atoms with van der Waals surface area (Å²) in [5.41, 5.74) is 3.19. The van der Waals surface area contributed by atoms with Gasteiger partial charge in [0.25, 0.3) is 0 Å². The fraction of sp³-hybridized carbons (Fsp3) is 0.368. The van der Waals surface area contributed by atoms with E-state index in [9.17, 15) is 4.79 Å². The molecule has 4 heteroatoms. The summed E-state index contributed by atoms with van der Waals surface area (Å²) in [4.78, 5) is 15.5. The summed E-state index contributed by atoms with van der Waals surface area (Å²) in [6.07, 6.45) is 3.56. The molecule has 23 heavy (non-hydrogen) atoms. The van der Waals surface area contributed by atoms with Crippen molar-refractivity contribution in [3.8, 4) is 17.0 Å². The normalized spacial score (nSPS) is 11.8. The van der Waals surface area contributed by atoms with Crippen LogP contribution in [-0.4, -0.2) is 23.5 Å². The first-order chi connectivity index (χ1) is 11.1. The van der Waals surface area contributed by atoms with Gasteiger partial charge < -0.3 is 10.1 Å². The van der Waals surface area contributed by atoms with Crippen molar-refractivity contribution in [3.05, 3.63) is 48.2 Å². The van der Waals surface area contributed by atoms with Gasteiger partial charge in [0, 0.05) is 18.5 Å². The molecular formula is C19H24N2O2. The Morgan fingerprint density at radius 3 is 2.52 bits per heavy atom. The van der Waals surface area contributed by atoms with Crippen molar-refractivity contribution in [2.45, 2.75) is 39.7 Å². The highest BCUT2D eigenvalue weighted by molar-refractivity contribution is 5.73. The van der Waals surface area contributed by atoms with Gasteiger partial charge in [-0.3, -0.25) is 9.78 Å². The number of rotatable bonds is 7. The van der Waals surface area contributed by atoms with E-state index < -0.39 is 0 Å². The van der Waals surface area contributed by atoms with Crippen LogP contribution in [0.3, 0.4) is 0 Å². The van der Waals surface area contributed by atoms with Crippen molar-refractivity contribution in [1.82, 2.24) is 10.3 Å². The number of aromatic nitrogens is 1. The lowest BCUT2D eigenvalue weighted by Crippen LogP contribution is -2.31. The smallest absolute Gasteiger partial charge is 0.217 e. The molecule has 1 aromatic heterocycles. The number of benzene rings is 1. The minimum atomic E-state index is 0.00343. The molecule has 2 aromatic rings. The van der Waals surface area contributed by atoms with Gasteiger partial charge in [0.05, 0.1) is 18.5 Å². The second kappa shape index (κ2) is 8.32. The largest absolute Gasteiger partial charge is 0.492 e. The van der Waals surface area contributed by atoms with E-state index in [1.165, 1.54) is 5.56 Å². The Hall–Kier alpha value is -2.36. The molecular weight excluding hydrogens is 288 g/mol. The molecule has 0 aliphatic carbocycles. The van der Waals surface area contributed by atoms with Gasteiger partial charge >= 0.3 is 0 Å². The molecule has 122 valence electrons. The first-order valence-corrected chi connectivity index (χ1v) is 8.03. The average Bonchev–Trinajstić information content (AvgIpc) is 2.53. The topological polar surface area (TPSA) is 51.2 Å². The maximum atomic E-state index is 11.0. The molecule has 0 radical (unpaired) electrons. The van der Waals surface area contributed by atoms with Crippen LogP contribution >= 0.6 is 0 Å². The predicted molar refractivity (Wildman–Crippen MR) is 92.4 cm³/mol. The number of carbonyl (C=O) groups is 1. The molecule has 0 saturated carbocycles. The SMILES string of the molecule is CCCOc1ccc(-c2ccc(CC(C)NC(C)=O)cc2)nc1. The minimum Gasteiger partial charge on any atom is -0.492 e. The molecule has 0 aliphatic heterocycles. The van der Waals surface area contributed by atoms with Gasteiger partial charge in [0.2, 0.25) is 5.91 Å². The minimum absolute atomic E-state index is 0.00343. The lowest BCUT2D eigenvalue weighted by atomic mass is 10.0. The maximum Gasteiger partial charge on any atom is 0.217 e. The van der Waals surface area contributed by atoms with Crippen molar-refractivity contribution >= 4 is 5.91 Å². The van der Waals surface area contributed by atoms with E-state index in [0.717, 1.165) is 29.8 Å². The zero-order valence-electron chi connectivity index (χ0n) is 14.0. The summed E-state index contributed by atoms with van der Waals surface area (Å²) >= 11 is 0. The number of nitrogens with zero attached hydrogens (tertiary/aromatic N) is 1. The van der Waals surface area contributed by atoms with Crippen LogP contribution in [-0.2, 0) is 11.2 Å². The van der Waals surface area contributed by atoms with Crippen molar-refractivity contribution in [2.24, 2.45) is 0 Å². The van der Waals surface area contributed by atoms with Gasteiger partial charge in [-0.25, -0.2) is 0 Å². The summed E-state index contributed by atoms with van der Waals surface area (Å²) in [5, 5.41) is 2.90. The van der Waals surface area contributed by atoms with Crippen LogP contribution in [0.25, 0.3) is 11.3 Å². The van der Waals surface area contributed by atoms with Gasteiger partial charge in [0.1, 0.15) is 5.75 Å². The molecule has 1 amide bonds. The average molecular weight is 312 g/mol. The molecule has 1 heterocycles. The Labute approximate surface area is 137 Å². The maximum absolute atomic E-state index is 11.0. The molecule has 0 aliphatic rings. The molecule has 1 atom stereocenters. The standard InChI is InChI=1S/C19H24N2O2/c1-4-11-23-18-9-10-19(20-13-18)17-7-5-16(6-8-17)12-14(2)21-15(3)22/h5-10,13-14H,4,11-12H2,1-3H3,(H,21,22). The number of nitrogens with one attached hydrogen (secondary N) is 1. The number of hydrogen-bond donors (Lipinski definition) is 1. The Balaban J connectivity index is 2.00. The molecule has 0 spiro atoms. The Bertz CT molecular complexity index is 621. The van der Waals surface area contributed by atoms with Crippen LogP contribution in [0, 0.1) is 0 Å². The molecule has 2 rings (SSSR count). The van der Waals surface area contributed by atoms with E-state index in [1.807, 2.05) is 19.1 Å². The van der Waals surface area contributed by atoms with Gasteiger partial charge in [-0.05, 0) is 37.5 Å². The molecule has 1 unspecified atom stereocenters. The van der Waals surface area contributed by atoms with Crippen LogP contribution in [0.1, 0.15) is 32.8 Å². The molecule has 4 nitrogen and oxygen atoms in total. The van der Waals surface area contributed by atoms with Crippen molar-refractivity contribution in [1.29, 1.82) is 0 Å². The van der Waals surface area contributed by atoms with E-state index in [-0.39, 0.29) is 11.9 Å². The lowest BCUT2D eigenvalue weighted by Gasteiger charge is -2.12. The van der Waals surface area contributed by atoms with Crippen LogP contribution in [0.4, 0.5) is 0 Å². The van der Waals surface area contributed by atoms with Crippen LogP contribution in [0.2, 0.25) is 0 Å².